The average molecular weight is 213 g/mol. The Kier molecular flexibility index (Phi) is 3.02. The van der Waals surface area contributed by atoms with Gasteiger partial charge in [0.15, 0.2) is 0 Å². The molecule has 0 aliphatic carbocycles. The number of hydrogen-bond donors (Lipinski definition) is 1. The van der Waals surface area contributed by atoms with Gasteiger partial charge >= 0.3 is 0 Å². The number of aromatic nitrogens is 1. The monoisotopic (exact) mass is 213 g/mol. The van der Waals surface area contributed by atoms with Gasteiger partial charge in [0.25, 0.3) is 0 Å². The summed E-state index contributed by atoms with van der Waals surface area (Å²) in [4.78, 5) is 4.05. The fourth-order valence-corrected chi connectivity index (χ4v) is 1.78. The third-order valence-corrected chi connectivity index (χ3v) is 2.73. The van der Waals surface area contributed by atoms with Gasteiger partial charge < -0.3 is 5.11 Å². The molecule has 16 heavy (non-hydrogen) atoms. The molecule has 2 aromatic rings. The molecule has 2 heteroatoms. The van der Waals surface area contributed by atoms with Crippen molar-refractivity contribution in [2.75, 3.05) is 0 Å². The molecule has 0 bridgehead atoms. The smallest absolute Gasteiger partial charge is 0.106 e. The number of hydrogen-bond acceptors (Lipinski definition) is 2. The highest BCUT2D eigenvalue weighted by Crippen LogP contribution is 2.24. The predicted molar refractivity (Wildman–Crippen MR) is 64.2 cm³/mol. The van der Waals surface area contributed by atoms with Gasteiger partial charge in [-0.15, -0.1) is 0 Å². The van der Waals surface area contributed by atoms with Crippen molar-refractivity contribution in [1.29, 1.82) is 0 Å². The Morgan fingerprint density at radius 3 is 2.69 bits per heavy atom. The van der Waals surface area contributed by atoms with Crippen LogP contribution in [0.2, 0.25) is 0 Å². The van der Waals surface area contributed by atoms with E-state index in [0.29, 0.717) is 0 Å². The molecule has 82 valence electrons. The molecule has 1 aromatic heterocycles. The van der Waals surface area contributed by atoms with E-state index in [1.165, 1.54) is 0 Å². The summed E-state index contributed by atoms with van der Waals surface area (Å²) in [5, 5.41) is 10.3. The van der Waals surface area contributed by atoms with Gasteiger partial charge in [-0.25, -0.2) is 0 Å². The summed E-state index contributed by atoms with van der Waals surface area (Å²) in [6.07, 6.45) is 2.87. The molecular formula is C14H15NO. The van der Waals surface area contributed by atoms with E-state index in [1.807, 2.05) is 44.2 Å². The maximum Gasteiger partial charge on any atom is 0.106 e. The number of pyridine rings is 1. The summed E-state index contributed by atoms with van der Waals surface area (Å²) in [6, 6.07) is 9.82. The minimum atomic E-state index is -0.589. The molecule has 0 fully saturated rings. The Bertz CT molecular complexity index is 494. The SMILES string of the molecule is Cc1cccc(C(O)c2cnccc2C)c1. The van der Waals surface area contributed by atoms with Crippen LogP contribution < -0.4 is 0 Å². The maximum absolute atomic E-state index is 10.3. The van der Waals surface area contributed by atoms with Gasteiger partial charge in [0.1, 0.15) is 6.10 Å². The minimum Gasteiger partial charge on any atom is -0.384 e. The van der Waals surface area contributed by atoms with Crippen LogP contribution in [0.15, 0.2) is 42.7 Å². The Morgan fingerprint density at radius 2 is 2.00 bits per heavy atom. The van der Waals surface area contributed by atoms with Crippen LogP contribution in [-0.4, -0.2) is 10.1 Å². The van der Waals surface area contributed by atoms with Gasteiger partial charge in [0.2, 0.25) is 0 Å². The first-order chi connectivity index (χ1) is 7.68. The zero-order valence-corrected chi connectivity index (χ0v) is 9.51. The van der Waals surface area contributed by atoms with E-state index in [-0.39, 0.29) is 0 Å². The van der Waals surface area contributed by atoms with Crippen LogP contribution in [0, 0.1) is 13.8 Å². The van der Waals surface area contributed by atoms with Crippen molar-refractivity contribution in [3.63, 3.8) is 0 Å². The Hall–Kier alpha value is -1.67. The molecule has 1 heterocycles. The van der Waals surface area contributed by atoms with Crippen LogP contribution >= 0.6 is 0 Å². The quantitative estimate of drug-likeness (QED) is 0.832. The molecule has 2 nitrogen and oxygen atoms in total. The first-order valence-corrected chi connectivity index (χ1v) is 5.33. The van der Waals surface area contributed by atoms with E-state index in [1.54, 1.807) is 12.4 Å². The summed E-state index contributed by atoms with van der Waals surface area (Å²) in [7, 11) is 0. The van der Waals surface area contributed by atoms with Gasteiger partial charge in [-0.1, -0.05) is 29.8 Å². The Morgan fingerprint density at radius 1 is 1.19 bits per heavy atom. The second-order valence-electron chi connectivity index (χ2n) is 4.05. The van der Waals surface area contributed by atoms with Crippen molar-refractivity contribution >= 4 is 0 Å². The van der Waals surface area contributed by atoms with Gasteiger partial charge in [-0.2, -0.15) is 0 Å². The van der Waals surface area contributed by atoms with E-state index in [4.69, 9.17) is 0 Å². The van der Waals surface area contributed by atoms with Crippen molar-refractivity contribution in [3.8, 4) is 0 Å². The van der Waals surface area contributed by atoms with Crippen molar-refractivity contribution in [2.45, 2.75) is 20.0 Å². The highest BCUT2D eigenvalue weighted by molar-refractivity contribution is 5.34. The molecule has 0 aliphatic heterocycles. The van der Waals surface area contributed by atoms with E-state index in [0.717, 1.165) is 22.3 Å². The fraction of sp³-hybridized carbons (Fsp3) is 0.214. The summed E-state index contributed by atoms with van der Waals surface area (Å²) in [6.45, 7) is 4.00. The highest BCUT2D eigenvalue weighted by Gasteiger charge is 2.12. The number of rotatable bonds is 2. The molecule has 0 spiro atoms. The molecule has 0 amide bonds. The molecule has 1 atom stereocenters. The molecule has 1 aromatic carbocycles. The first-order valence-electron chi connectivity index (χ1n) is 5.33. The van der Waals surface area contributed by atoms with E-state index in [2.05, 4.69) is 4.98 Å². The fourth-order valence-electron chi connectivity index (χ4n) is 1.78. The topological polar surface area (TPSA) is 33.1 Å². The highest BCUT2D eigenvalue weighted by atomic mass is 16.3. The summed E-state index contributed by atoms with van der Waals surface area (Å²) >= 11 is 0. The molecule has 0 saturated heterocycles. The van der Waals surface area contributed by atoms with Crippen LogP contribution in [0.25, 0.3) is 0 Å². The lowest BCUT2D eigenvalue weighted by Crippen LogP contribution is -2.02. The van der Waals surface area contributed by atoms with Crippen LogP contribution in [-0.2, 0) is 0 Å². The van der Waals surface area contributed by atoms with Gasteiger partial charge in [-0.05, 0) is 31.0 Å². The minimum absolute atomic E-state index is 0.589. The second kappa shape index (κ2) is 4.45. The van der Waals surface area contributed by atoms with Crippen LogP contribution in [0.1, 0.15) is 28.4 Å². The van der Waals surface area contributed by atoms with Crippen molar-refractivity contribution in [3.05, 3.63) is 65.0 Å². The van der Waals surface area contributed by atoms with Gasteiger partial charge in [-0.3, -0.25) is 4.98 Å². The molecule has 0 saturated carbocycles. The lowest BCUT2D eigenvalue weighted by atomic mass is 9.98. The van der Waals surface area contributed by atoms with Crippen LogP contribution in [0.4, 0.5) is 0 Å². The summed E-state index contributed by atoms with van der Waals surface area (Å²) < 4.78 is 0. The third kappa shape index (κ3) is 2.12. The van der Waals surface area contributed by atoms with Crippen molar-refractivity contribution < 1.29 is 5.11 Å². The zero-order valence-electron chi connectivity index (χ0n) is 9.51. The van der Waals surface area contributed by atoms with E-state index in [9.17, 15) is 5.11 Å². The van der Waals surface area contributed by atoms with E-state index >= 15 is 0 Å². The van der Waals surface area contributed by atoms with E-state index < -0.39 is 6.10 Å². The molecule has 0 radical (unpaired) electrons. The average Bonchev–Trinajstić information content (AvgIpc) is 2.29. The molecule has 1 N–H and O–H groups in total. The number of benzene rings is 1. The number of aryl methyl sites for hydroxylation is 2. The molecule has 1 unspecified atom stereocenters. The normalized spacial score (nSPS) is 12.4. The number of aliphatic hydroxyl groups is 1. The lowest BCUT2D eigenvalue weighted by molar-refractivity contribution is 0.219. The third-order valence-electron chi connectivity index (χ3n) is 2.73. The summed E-state index contributed by atoms with van der Waals surface area (Å²) in [5.41, 5.74) is 3.99. The Balaban J connectivity index is 2.39. The first kappa shape index (κ1) is 10.8. The largest absolute Gasteiger partial charge is 0.384 e. The van der Waals surface area contributed by atoms with Crippen molar-refractivity contribution in [2.24, 2.45) is 0 Å². The van der Waals surface area contributed by atoms with Gasteiger partial charge in [0, 0.05) is 18.0 Å². The second-order valence-corrected chi connectivity index (χ2v) is 4.05. The Labute approximate surface area is 95.6 Å². The van der Waals surface area contributed by atoms with Crippen LogP contribution in [0.5, 0.6) is 0 Å². The van der Waals surface area contributed by atoms with Gasteiger partial charge in [0.05, 0.1) is 0 Å². The molecule has 2 rings (SSSR count). The van der Waals surface area contributed by atoms with Crippen LogP contribution in [0.3, 0.4) is 0 Å². The lowest BCUT2D eigenvalue weighted by Gasteiger charge is -2.13. The standard InChI is InChI=1S/C14H15NO/c1-10-4-3-5-12(8-10)14(16)13-9-15-7-6-11(13)2/h3-9,14,16H,1-2H3. The number of nitrogens with zero attached hydrogens (tertiary/aromatic N) is 1. The zero-order chi connectivity index (χ0) is 11.5. The maximum atomic E-state index is 10.3. The molecule has 0 aliphatic rings. The summed E-state index contributed by atoms with van der Waals surface area (Å²) in [5.74, 6) is 0. The molecular weight excluding hydrogens is 198 g/mol. The predicted octanol–water partition coefficient (Wildman–Crippen LogP) is 2.78. The number of aliphatic hydroxyl groups excluding tert-OH is 1. The van der Waals surface area contributed by atoms with Crippen molar-refractivity contribution in [1.82, 2.24) is 4.98 Å².